The molecular formula is C14H19N5O2. The molecule has 0 aliphatic rings. The predicted molar refractivity (Wildman–Crippen MR) is 79.8 cm³/mol. The van der Waals surface area contributed by atoms with E-state index in [2.05, 4.69) is 29.2 Å². The first kappa shape index (κ1) is 14.8. The van der Waals surface area contributed by atoms with Gasteiger partial charge in [0.25, 0.3) is 0 Å². The van der Waals surface area contributed by atoms with E-state index in [1.54, 1.807) is 12.1 Å². The minimum atomic E-state index is -0.207. The Balaban J connectivity index is 1.92. The van der Waals surface area contributed by atoms with E-state index < -0.39 is 0 Å². The topological polar surface area (TPSA) is 95.1 Å². The Bertz CT molecular complexity index is 609. The second-order valence-corrected chi connectivity index (χ2v) is 5.08. The van der Waals surface area contributed by atoms with Crippen LogP contribution in [0.5, 0.6) is 5.75 Å². The molecule has 0 unspecified atom stereocenters. The number of nitrogens with zero attached hydrogens (tertiary/aromatic N) is 3. The van der Waals surface area contributed by atoms with Gasteiger partial charge in [-0.3, -0.25) is 4.79 Å². The number of rotatable bonds is 6. The molecule has 0 saturated carbocycles. The van der Waals surface area contributed by atoms with Crippen LogP contribution in [-0.2, 0) is 11.3 Å². The van der Waals surface area contributed by atoms with E-state index in [-0.39, 0.29) is 18.4 Å². The lowest BCUT2D eigenvalue weighted by atomic mass is 10.2. The molecule has 0 aliphatic carbocycles. The fourth-order valence-corrected chi connectivity index (χ4v) is 1.66. The monoisotopic (exact) mass is 289 g/mol. The summed E-state index contributed by atoms with van der Waals surface area (Å²) in [6.07, 6.45) is 1.41. The second kappa shape index (κ2) is 6.74. The van der Waals surface area contributed by atoms with Crippen molar-refractivity contribution in [1.82, 2.24) is 14.8 Å². The normalized spacial score (nSPS) is 10.6. The summed E-state index contributed by atoms with van der Waals surface area (Å²) in [6, 6.07) is 7.28. The zero-order valence-electron chi connectivity index (χ0n) is 12.1. The van der Waals surface area contributed by atoms with Crippen molar-refractivity contribution in [3.05, 3.63) is 30.6 Å². The van der Waals surface area contributed by atoms with E-state index in [1.165, 1.54) is 11.0 Å². The highest BCUT2D eigenvalue weighted by Gasteiger charge is 2.06. The predicted octanol–water partition coefficient (Wildman–Crippen LogP) is 1.53. The first-order valence-electron chi connectivity index (χ1n) is 6.70. The van der Waals surface area contributed by atoms with Crippen molar-refractivity contribution in [2.45, 2.75) is 20.4 Å². The van der Waals surface area contributed by atoms with Gasteiger partial charge in [-0.2, -0.15) is 0 Å². The van der Waals surface area contributed by atoms with Crippen LogP contribution in [0.25, 0.3) is 0 Å². The molecule has 1 amide bonds. The molecule has 1 heterocycles. The van der Waals surface area contributed by atoms with Gasteiger partial charge in [0.1, 0.15) is 18.6 Å². The van der Waals surface area contributed by atoms with Gasteiger partial charge in [-0.1, -0.05) is 19.9 Å². The first-order chi connectivity index (χ1) is 10.0. The highest BCUT2D eigenvalue weighted by molar-refractivity contribution is 5.90. The summed E-state index contributed by atoms with van der Waals surface area (Å²) in [5.41, 5.74) is 6.07. The molecule has 0 bridgehead atoms. The van der Waals surface area contributed by atoms with E-state index in [0.29, 0.717) is 18.2 Å². The third kappa shape index (κ3) is 4.79. The Kier molecular flexibility index (Phi) is 4.76. The zero-order valence-corrected chi connectivity index (χ0v) is 12.1. The van der Waals surface area contributed by atoms with Crippen LogP contribution in [0.1, 0.15) is 13.8 Å². The molecule has 1 aromatic carbocycles. The summed E-state index contributed by atoms with van der Waals surface area (Å²) in [6.45, 7) is 4.85. The first-order valence-corrected chi connectivity index (χ1v) is 6.70. The number of ether oxygens (including phenoxy) is 1. The SMILES string of the molecule is CC(C)COc1cccc(NC(=O)Cn2cnc(N)n2)c1. The third-order valence-corrected chi connectivity index (χ3v) is 2.56. The van der Waals surface area contributed by atoms with Gasteiger partial charge in [0, 0.05) is 11.8 Å². The maximum absolute atomic E-state index is 11.9. The van der Waals surface area contributed by atoms with Crippen molar-refractivity contribution in [2.24, 2.45) is 5.92 Å². The lowest BCUT2D eigenvalue weighted by molar-refractivity contribution is -0.116. The maximum Gasteiger partial charge on any atom is 0.246 e. The number of aromatic nitrogens is 3. The van der Waals surface area contributed by atoms with Gasteiger partial charge in [0.2, 0.25) is 11.9 Å². The number of carbonyl (C=O) groups is 1. The van der Waals surface area contributed by atoms with Crippen LogP contribution in [0.4, 0.5) is 11.6 Å². The Morgan fingerprint density at radius 1 is 1.48 bits per heavy atom. The van der Waals surface area contributed by atoms with E-state index in [0.717, 1.165) is 5.75 Å². The van der Waals surface area contributed by atoms with Crippen LogP contribution >= 0.6 is 0 Å². The fraction of sp³-hybridized carbons (Fsp3) is 0.357. The smallest absolute Gasteiger partial charge is 0.246 e. The summed E-state index contributed by atoms with van der Waals surface area (Å²) in [7, 11) is 0. The van der Waals surface area contributed by atoms with E-state index >= 15 is 0 Å². The summed E-state index contributed by atoms with van der Waals surface area (Å²) >= 11 is 0. The molecule has 0 atom stereocenters. The molecule has 21 heavy (non-hydrogen) atoms. The number of amides is 1. The quantitative estimate of drug-likeness (QED) is 0.841. The molecule has 7 heteroatoms. The van der Waals surface area contributed by atoms with Gasteiger partial charge in [-0.05, 0) is 18.1 Å². The molecule has 3 N–H and O–H groups in total. The molecule has 0 radical (unpaired) electrons. The molecular weight excluding hydrogens is 270 g/mol. The highest BCUT2D eigenvalue weighted by Crippen LogP contribution is 2.18. The second-order valence-electron chi connectivity index (χ2n) is 5.08. The lowest BCUT2D eigenvalue weighted by Gasteiger charge is -2.10. The number of nitrogens with one attached hydrogen (secondary N) is 1. The number of nitrogens with two attached hydrogens (primary N) is 1. The van der Waals surface area contributed by atoms with Crippen molar-refractivity contribution in [2.75, 3.05) is 17.7 Å². The number of hydrogen-bond donors (Lipinski definition) is 2. The Hall–Kier alpha value is -2.57. The van der Waals surface area contributed by atoms with Gasteiger partial charge in [-0.15, -0.1) is 5.10 Å². The van der Waals surface area contributed by atoms with Crippen LogP contribution in [-0.4, -0.2) is 27.3 Å². The van der Waals surface area contributed by atoms with Crippen LogP contribution in [0.15, 0.2) is 30.6 Å². The van der Waals surface area contributed by atoms with Gasteiger partial charge in [0.05, 0.1) is 6.61 Å². The summed E-state index contributed by atoms with van der Waals surface area (Å²) in [5, 5.41) is 6.64. The molecule has 112 valence electrons. The van der Waals surface area contributed by atoms with Crippen molar-refractivity contribution >= 4 is 17.5 Å². The average molecular weight is 289 g/mol. The van der Waals surface area contributed by atoms with Crippen molar-refractivity contribution < 1.29 is 9.53 Å². The largest absolute Gasteiger partial charge is 0.493 e. The molecule has 0 fully saturated rings. The Morgan fingerprint density at radius 3 is 2.95 bits per heavy atom. The van der Waals surface area contributed by atoms with Gasteiger partial charge >= 0.3 is 0 Å². The summed E-state index contributed by atoms with van der Waals surface area (Å²) in [4.78, 5) is 15.6. The molecule has 2 rings (SSSR count). The van der Waals surface area contributed by atoms with Crippen molar-refractivity contribution in [1.29, 1.82) is 0 Å². The summed E-state index contributed by atoms with van der Waals surface area (Å²) < 4.78 is 6.99. The fourth-order valence-electron chi connectivity index (χ4n) is 1.66. The maximum atomic E-state index is 11.9. The number of nitrogen functional groups attached to an aromatic ring is 1. The number of hydrogen-bond acceptors (Lipinski definition) is 5. The van der Waals surface area contributed by atoms with E-state index in [4.69, 9.17) is 10.5 Å². The minimum absolute atomic E-state index is 0.0568. The van der Waals surface area contributed by atoms with Crippen LogP contribution < -0.4 is 15.8 Å². The molecule has 2 aromatic rings. The highest BCUT2D eigenvalue weighted by atomic mass is 16.5. The summed E-state index contributed by atoms with van der Waals surface area (Å²) in [5.74, 6) is 1.11. The number of benzene rings is 1. The number of anilines is 2. The molecule has 0 spiro atoms. The Labute approximate surface area is 123 Å². The van der Waals surface area contributed by atoms with Gasteiger partial charge < -0.3 is 15.8 Å². The van der Waals surface area contributed by atoms with Crippen molar-refractivity contribution in [3.63, 3.8) is 0 Å². The number of carbonyl (C=O) groups excluding carboxylic acids is 1. The molecule has 7 nitrogen and oxygen atoms in total. The standard InChI is InChI=1S/C14H19N5O2/c1-10(2)8-21-12-5-3-4-11(6-12)17-13(20)7-19-9-16-14(15)18-19/h3-6,9-10H,7-8H2,1-2H3,(H2,15,18)(H,17,20). The van der Waals surface area contributed by atoms with Gasteiger partial charge in [0.15, 0.2) is 0 Å². The van der Waals surface area contributed by atoms with E-state index in [1.807, 2.05) is 12.1 Å². The van der Waals surface area contributed by atoms with Crippen LogP contribution in [0, 0.1) is 5.92 Å². The Morgan fingerprint density at radius 2 is 2.29 bits per heavy atom. The van der Waals surface area contributed by atoms with Crippen molar-refractivity contribution in [3.8, 4) is 5.75 Å². The molecule has 0 aliphatic heterocycles. The van der Waals surface area contributed by atoms with Crippen LogP contribution in [0.2, 0.25) is 0 Å². The molecule has 0 saturated heterocycles. The minimum Gasteiger partial charge on any atom is -0.493 e. The third-order valence-electron chi connectivity index (χ3n) is 2.56. The van der Waals surface area contributed by atoms with Gasteiger partial charge in [-0.25, -0.2) is 9.67 Å². The lowest BCUT2D eigenvalue weighted by Crippen LogP contribution is -2.19. The van der Waals surface area contributed by atoms with E-state index in [9.17, 15) is 4.79 Å². The zero-order chi connectivity index (χ0) is 15.2. The van der Waals surface area contributed by atoms with Crippen LogP contribution in [0.3, 0.4) is 0 Å². The molecule has 1 aromatic heterocycles. The average Bonchev–Trinajstić information content (AvgIpc) is 2.82.